The zero-order chi connectivity index (χ0) is 13.5. The van der Waals surface area contributed by atoms with Gasteiger partial charge in [0.1, 0.15) is 0 Å². The molecule has 0 aromatic carbocycles. The highest BCUT2D eigenvalue weighted by molar-refractivity contribution is 5.79. The predicted octanol–water partition coefficient (Wildman–Crippen LogP) is -0.134. The number of nitrogens with zero attached hydrogens (tertiary/aromatic N) is 2. The number of rotatable bonds is 7. The quantitative estimate of drug-likeness (QED) is 0.666. The van der Waals surface area contributed by atoms with Crippen molar-refractivity contribution in [3.05, 3.63) is 0 Å². The van der Waals surface area contributed by atoms with Crippen LogP contribution in [-0.2, 0) is 4.79 Å². The Kier molecular flexibility index (Phi) is 6.60. The van der Waals surface area contributed by atoms with Crippen LogP contribution in [0.25, 0.3) is 0 Å². The molecule has 0 radical (unpaired) electrons. The number of likely N-dealkylation sites (N-methyl/N-ethyl adjacent to an activating group) is 2. The fraction of sp³-hybridized carbons (Fsp3) is 0.923. The van der Waals surface area contributed by atoms with E-state index in [0.717, 1.165) is 45.7 Å². The molecule has 0 aromatic rings. The third-order valence-corrected chi connectivity index (χ3v) is 3.78. The minimum absolute atomic E-state index is 0.186. The number of amides is 1. The lowest BCUT2D eigenvalue weighted by atomic mass is 10.1. The van der Waals surface area contributed by atoms with Crippen LogP contribution in [0.1, 0.15) is 27.2 Å². The lowest BCUT2D eigenvalue weighted by Gasteiger charge is -2.39. The Morgan fingerprint density at radius 2 is 2.17 bits per heavy atom. The van der Waals surface area contributed by atoms with Crippen molar-refractivity contribution in [2.45, 2.75) is 39.3 Å². The van der Waals surface area contributed by atoms with Crippen molar-refractivity contribution in [2.75, 3.05) is 39.3 Å². The van der Waals surface area contributed by atoms with Gasteiger partial charge in [-0.1, -0.05) is 13.8 Å². The van der Waals surface area contributed by atoms with E-state index in [2.05, 4.69) is 29.0 Å². The summed E-state index contributed by atoms with van der Waals surface area (Å²) in [7, 11) is 0. The summed E-state index contributed by atoms with van der Waals surface area (Å²) in [5, 5.41) is 3.14. The number of carbonyl (C=O) groups excluding carboxylic acids is 1. The van der Waals surface area contributed by atoms with Gasteiger partial charge in [0, 0.05) is 32.2 Å². The SMILES string of the molecule is CCNC(CCN1CCN(CC)C(C)C1)C(N)=O. The molecule has 1 amide bonds. The van der Waals surface area contributed by atoms with Crippen molar-refractivity contribution < 1.29 is 4.79 Å². The second-order valence-corrected chi connectivity index (χ2v) is 5.08. The normalized spacial score (nSPS) is 24.1. The summed E-state index contributed by atoms with van der Waals surface area (Å²) in [6.07, 6.45) is 0.808. The van der Waals surface area contributed by atoms with Gasteiger partial charge in [0.05, 0.1) is 6.04 Å². The van der Waals surface area contributed by atoms with Gasteiger partial charge >= 0.3 is 0 Å². The molecule has 18 heavy (non-hydrogen) atoms. The number of primary amides is 1. The molecular formula is C13H28N4O. The van der Waals surface area contributed by atoms with Crippen LogP contribution in [0.4, 0.5) is 0 Å². The van der Waals surface area contributed by atoms with Crippen molar-refractivity contribution in [3.63, 3.8) is 0 Å². The minimum Gasteiger partial charge on any atom is -0.368 e. The second-order valence-electron chi connectivity index (χ2n) is 5.08. The molecule has 2 atom stereocenters. The lowest BCUT2D eigenvalue weighted by molar-refractivity contribution is -0.120. The van der Waals surface area contributed by atoms with Crippen molar-refractivity contribution in [1.82, 2.24) is 15.1 Å². The molecule has 1 rings (SSSR count). The first-order valence-corrected chi connectivity index (χ1v) is 7.07. The topological polar surface area (TPSA) is 61.6 Å². The van der Waals surface area contributed by atoms with Gasteiger partial charge in [0.2, 0.25) is 5.91 Å². The van der Waals surface area contributed by atoms with E-state index in [1.165, 1.54) is 0 Å². The monoisotopic (exact) mass is 256 g/mol. The van der Waals surface area contributed by atoms with Gasteiger partial charge < -0.3 is 16.0 Å². The van der Waals surface area contributed by atoms with E-state index < -0.39 is 0 Å². The van der Waals surface area contributed by atoms with Gasteiger partial charge in [-0.25, -0.2) is 0 Å². The molecule has 2 unspecified atom stereocenters. The zero-order valence-electron chi connectivity index (χ0n) is 12.0. The average molecular weight is 256 g/mol. The van der Waals surface area contributed by atoms with Crippen LogP contribution in [0, 0.1) is 0 Å². The minimum atomic E-state index is -0.239. The Hall–Kier alpha value is -0.650. The molecule has 1 aliphatic heterocycles. The third-order valence-electron chi connectivity index (χ3n) is 3.78. The highest BCUT2D eigenvalue weighted by Crippen LogP contribution is 2.09. The summed E-state index contributed by atoms with van der Waals surface area (Å²) >= 11 is 0. The van der Waals surface area contributed by atoms with E-state index >= 15 is 0 Å². The van der Waals surface area contributed by atoms with E-state index in [1.807, 2.05) is 6.92 Å². The van der Waals surface area contributed by atoms with Crippen molar-refractivity contribution in [1.29, 1.82) is 0 Å². The van der Waals surface area contributed by atoms with Gasteiger partial charge in [0.25, 0.3) is 0 Å². The predicted molar refractivity (Wildman–Crippen MR) is 74.4 cm³/mol. The second kappa shape index (κ2) is 7.71. The maximum atomic E-state index is 11.3. The maximum Gasteiger partial charge on any atom is 0.234 e. The highest BCUT2D eigenvalue weighted by Gasteiger charge is 2.23. The molecule has 5 nitrogen and oxygen atoms in total. The molecule has 3 N–H and O–H groups in total. The van der Waals surface area contributed by atoms with E-state index in [1.54, 1.807) is 0 Å². The Labute approximate surface area is 111 Å². The first kappa shape index (κ1) is 15.4. The van der Waals surface area contributed by atoms with E-state index in [4.69, 9.17) is 5.73 Å². The van der Waals surface area contributed by atoms with E-state index in [0.29, 0.717) is 6.04 Å². The molecule has 0 bridgehead atoms. The number of nitrogens with two attached hydrogens (primary N) is 1. The maximum absolute atomic E-state index is 11.3. The number of hydrogen-bond donors (Lipinski definition) is 2. The van der Waals surface area contributed by atoms with Crippen LogP contribution >= 0.6 is 0 Å². The molecular weight excluding hydrogens is 228 g/mol. The molecule has 5 heteroatoms. The van der Waals surface area contributed by atoms with Crippen molar-refractivity contribution in [3.8, 4) is 0 Å². The molecule has 1 aliphatic rings. The molecule has 1 fully saturated rings. The van der Waals surface area contributed by atoms with Crippen LogP contribution in [0.3, 0.4) is 0 Å². The summed E-state index contributed by atoms with van der Waals surface area (Å²) in [5.74, 6) is -0.239. The van der Waals surface area contributed by atoms with Gasteiger partial charge in [-0.05, 0) is 26.4 Å². The third kappa shape index (κ3) is 4.55. The Bertz CT molecular complexity index is 259. The average Bonchev–Trinajstić information content (AvgIpc) is 2.34. The Morgan fingerprint density at radius 3 is 2.67 bits per heavy atom. The van der Waals surface area contributed by atoms with Crippen LogP contribution in [-0.4, -0.2) is 67.1 Å². The fourth-order valence-corrected chi connectivity index (χ4v) is 2.65. The first-order chi connectivity index (χ1) is 8.58. The zero-order valence-corrected chi connectivity index (χ0v) is 12.0. The van der Waals surface area contributed by atoms with Gasteiger partial charge in [-0.2, -0.15) is 0 Å². The number of hydrogen-bond acceptors (Lipinski definition) is 4. The molecule has 106 valence electrons. The standard InChI is InChI=1S/C13H28N4O/c1-4-15-12(13(14)18)6-7-16-8-9-17(5-2)11(3)10-16/h11-12,15H,4-10H2,1-3H3,(H2,14,18). The van der Waals surface area contributed by atoms with Crippen LogP contribution in [0.15, 0.2) is 0 Å². The molecule has 1 heterocycles. The molecule has 1 saturated heterocycles. The van der Waals surface area contributed by atoms with Gasteiger partial charge in [-0.15, -0.1) is 0 Å². The Morgan fingerprint density at radius 1 is 1.44 bits per heavy atom. The fourth-order valence-electron chi connectivity index (χ4n) is 2.65. The lowest BCUT2D eigenvalue weighted by Crippen LogP contribution is -2.53. The summed E-state index contributed by atoms with van der Waals surface area (Å²) < 4.78 is 0. The van der Waals surface area contributed by atoms with E-state index in [9.17, 15) is 4.79 Å². The molecule has 0 aliphatic carbocycles. The molecule has 0 saturated carbocycles. The highest BCUT2D eigenvalue weighted by atomic mass is 16.1. The summed E-state index contributed by atoms with van der Waals surface area (Å²) in [6.45, 7) is 12.6. The van der Waals surface area contributed by atoms with Gasteiger partial charge in [0.15, 0.2) is 0 Å². The van der Waals surface area contributed by atoms with Crippen molar-refractivity contribution in [2.24, 2.45) is 5.73 Å². The summed E-state index contributed by atoms with van der Waals surface area (Å²) in [4.78, 5) is 16.2. The Balaban J connectivity index is 2.33. The molecule has 0 aromatic heterocycles. The number of carbonyl (C=O) groups is 1. The van der Waals surface area contributed by atoms with Crippen molar-refractivity contribution >= 4 is 5.91 Å². The smallest absolute Gasteiger partial charge is 0.234 e. The number of piperazine rings is 1. The number of nitrogens with one attached hydrogen (secondary N) is 1. The van der Waals surface area contributed by atoms with E-state index in [-0.39, 0.29) is 11.9 Å². The summed E-state index contributed by atoms with van der Waals surface area (Å²) in [5.41, 5.74) is 5.38. The van der Waals surface area contributed by atoms with Gasteiger partial charge in [-0.3, -0.25) is 9.69 Å². The summed E-state index contributed by atoms with van der Waals surface area (Å²) in [6, 6.07) is 0.421. The first-order valence-electron chi connectivity index (χ1n) is 7.07. The van der Waals surface area contributed by atoms with Crippen LogP contribution < -0.4 is 11.1 Å². The van der Waals surface area contributed by atoms with Crippen LogP contribution in [0.2, 0.25) is 0 Å². The molecule has 0 spiro atoms. The van der Waals surface area contributed by atoms with Crippen LogP contribution in [0.5, 0.6) is 0 Å². The largest absolute Gasteiger partial charge is 0.368 e.